The van der Waals surface area contributed by atoms with E-state index in [2.05, 4.69) is 4.98 Å². The van der Waals surface area contributed by atoms with Crippen LogP contribution in [0.5, 0.6) is 5.75 Å². The van der Waals surface area contributed by atoms with Gasteiger partial charge in [0.05, 0.1) is 23.2 Å². The zero-order chi connectivity index (χ0) is 19.6. The van der Waals surface area contributed by atoms with Crippen molar-refractivity contribution in [2.45, 2.75) is 31.5 Å². The molecule has 0 unspecified atom stereocenters. The number of aliphatic hydroxyl groups excluding tert-OH is 2. The monoisotopic (exact) mass is 379 g/mol. The first-order valence-corrected chi connectivity index (χ1v) is 8.05. The molecule has 3 N–H and O–H groups in total. The first-order chi connectivity index (χ1) is 12.9. The maximum Gasteiger partial charge on any atom is 0.330 e. The second-order valence-corrected chi connectivity index (χ2v) is 5.98. The topological polar surface area (TPSA) is 157 Å². The second kappa shape index (κ2) is 7.70. The molecule has 144 valence electrons. The Kier molecular flexibility index (Phi) is 5.35. The fraction of sp³-hybridized carbons (Fsp3) is 0.375. The van der Waals surface area contributed by atoms with Crippen LogP contribution in [-0.2, 0) is 11.3 Å². The quantitative estimate of drug-likeness (QED) is 0.455. The summed E-state index contributed by atoms with van der Waals surface area (Å²) in [5, 5.41) is 29.6. The molecule has 11 heteroatoms. The van der Waals surface area contributed by atoms with Gasteiger partial charge in [0.1, 0.15) is 24.7 Å². The molecule has 1 fully saturated rings. The molecule has 1 aliphatic heterocycles. The Hall–Kier alpha value is -3.02. The highest BCUT2D eigenvalue weighted by Gasteiger charge is 2.35. The van der Waals surface area contributed by atoms with Gasteiger partial charge in [0, 0.05) is 24.8 Å². The summed E-state index contributed by atoms with van der Waals surface area (Å²) in [6, 6.07) is 5.32. The number of aliphatic hydroxyl groups is 2. The number of hydrogen-bond acceptors (Lipinski definition) is 8. The Labute approximate surface area is 151 Å². The molecule has 11 nitrogen and oxygen atoms in total. The Morgan fingerprint density at radius 1 is 1.33 bits per heavy atom. The van der Waals surface area contributed by atoms with Crippen LogP contribution < -0.4 is 16.0 Å². The first kappa shape index (κ1) is 18.8. The number of aromatic nitrogens is 2. The number of nitro groups is 1. The summed E-state index contributed by atoms with van der Waals surface area (Å²) in [6.07, 6.45) is -1.23. The number of rotatable bonds is 6. The van der Waals surface area contributed by atoms with Gasteiger partial charge in [-0.15, -0.1) is 0 Å². The van der Waals surface area contributed by atoms with Crippen LogP contribution >= 0.6 is 0 Å². The molecule has 3 atom stereocenters. The standard InChI is InChI=1S/C16H17N3O8/c20-7-13-12(21)5-14(27-13)18-6-9(15(22)17-16(18)23)8-26-11-3-1-10(2-4-11)19(24)25/h1-4,6,12-14,20-21H,5,7-8H2,(H,17,22,23)/t12-,13+,14+/m0/s1. The van der Waals surface area contributed by atoms with Gasteiger partial charge in [0.2, 0.25) is 0 Å². The third kappa shape index (κ3) is 4.05. The summed E-state index contributed by atoms with van der Waals surface area (Å²) in [5.74, 6) is 0.311. The molecule has 1 aromatic heterocycles. The van der Waals surface area contributed by atoms with Gasteiger partial charge < -0.3 is 19.7 Å². The van der Waals surface area contributed by atoms with Gasteiger partial charge in [0.15, 0.2) is 0 Å². The average molecular weight is 379 g/mol. The molecule has 0 amide bonds. The van der Waals surface area contributed by atoms with Gasteiger partial charge in [-0.25, -0.2) is 4.79 Å². The third-order valence-electron chi connectivity index (χ3n) is 4.18. The SMILES string of the molecule is O=c1[nH]c(=O)n([C@H]2C[C@H](O)[C@@H](CO)O2)cc1COc1ccc([N+](=O)[O-])cc1. The zero-order valence-electron chi connectivity index (χ0n) is 14.0. The van der Waals surface area contributed by atoms with Crippen molar-refractivity contribution in [1.82, 2.24) is 9.55 Å². The van der Waals surface area contributed by atoms with Crippen LogP contribution in [0.3, 0.4) is 0 Å². The van der Waals surface area contributed by atoms with E-state index < -0.39 is 41.2 Å². The molecule has 0 radical (unpaired) electrons. The highest BCUT2D eigenvalue weighted by molar-refractivity contribution is 5.36. The van der Waals surface area contributed by atoms with Gasteiger partial charge in [-0.1, -0.05) is 0 Å². The minimum atomic E-state index is -0.932. The fourth-order valence-corrected chi connectivity index (χ4v) is 2.72. The van der Waals surface area contributed by atoms with Crippen molar-refractivity contribution in [2.75, 3.05) is 6.61 Å². The van der Waals surface area contributed by atoms with Gasteiger partial charge >= 0.3 is 5.69 Å². The van der Waals surface area contributed by atoms with Crippen molar-refractivity contribution in [3.63, 3.8) is 0 Å². The number of hydrogen-bond donors (Lipinski definition) is 3. The smallest absolute Gasteiger partial charge is 0.330 e. The molecule has 27 heavy (non-hydrogen) atoms. The van der Waals surface area contributed by atoms with Crippen molar-refractivity contribution < 1.29 is 24.6 Å². The summed E-state index contributed by atoms with van der Waals surface area (Å²) >= 11 is 0. The fourth-order valence-electron chi connectivity index (χ4n) is 2.72. The minimum Gasteiger partial charge on any atom is -0.489 e. The van der Waals surface area contributed by atoms with Crippen molar-refractivity contribution in [3.8, 4) is 5.75 Å². The maximum absolute atomic E-state index is 12.0. The van der Waals surface area contributed by atoms with E-state index in [1.54, 1.807) is 0 Å². The van der Waals surface area contributed by atoms with Gasteiger partial charge in [-0.05, 0) is 12.1 Å². The van der Waals surface area contributed by atoms with Crippen LogP contribution in [0.2, 0.25) is 0 Å². The van der Waals surface area contributed by atoms with Crippen molar-refractivity contribution in [3.05, 3.63) is 67.0 Å². The largest absolute Gasteiger partial charge is 0.489 e. The van der Waals surface area contributed by atoms with Crippen LogP contribution in [-0.4, -0.2) is 43.5 Å². The zero-order valence-corrected chi connectivity index (χ0v) is 14.0. The molecule has 0 saturated carbocycles. The van der Waals surface area contributed by atoms with E-state index in [4.69, 9.17) is 14.6 Å². The average Bonchev–Trinajstić information content (AvgIpc) is 3.02. The predicted molar refractivity (Wildman–Crippen MR) is 90.4 cm³/mol. The molecular weight excluding hydrogens is 362 g/mol. The third-order valence-corrected chi connectivity index (χ3v) is 4.18. The number of nitrogens with zero attached hydrogens (tertiary/aromatic N) is 2. The van der Waals surface area contributed by atoms with Gasteiger partial charge in [0.25, 0.3) is 11.2 Å². The van der Waals surface area contributed by atoms with Gasteiger partial charge in [-0.2, -0.15) is 0 Å². The van der Waals surface area contributed by atoms with Crippen LogP contribution in [0.1, 0.15) is 18.2 Å². The number of H-pyrrole nitrogens is 1. The lowest BCUT2D eigenvalue weighted by molar-refractivity contribution is -0.384. The van der Waals surface area contributed by atoms with Crippen molar-refractivity contribution in [1.29, 1.82) is 0 Å². The highest BCUT2D eigenvalue weighted by atomic mass is 16.6. The van der Waals surface area contributed by atoms with E-state index in [0.717, 1.165) is 4.57 Å². The Morgan fingerprint density at radius 2 is 2.04 bits per heavy atom. The molecule has 1 aromatic carbocycles. The van der Waals surface area contributed by atoms with E-state index >= 15 is 0 Å². The lowest BCUT2D eigenvalue weighted by Gasteiger charge is -2.15. The maximum atomic E-state index is 12.0. The molecule has 2 heterocycles. The van der Waals surface area contributed by atoms with E-state index in [1.807, 2.05) is 0 Å². The number of nitrogens with one attached hydrogen (secondary N) is 1. The Bertz CT molecular complexity index is 936. The number of nitro benzene ring substituents is 1. The molecule has 0 spiro atoms. The molecular formula is C16H17N3O8. The summed E-state index contributed by atoms with van der Waals surface area (Å²) in [7, 11) is 0. The van der Waals surface area contributed by atoms with E-state index in [-0.39, 0.29) is 24.3 Å². The molecule has 1 aliphatic rings. The molecule has 1 saturated heterocycles. The first-order valence-electron chi connectivity index (χ1n) is 8.05. The van der Waals surface area contributed by atoms with E-state index in [9.17, 15) is 24.8 Å². The van der Waals surface area contributed by atoms with E-state index in [0.29, 0.717) is 5.75 Å². The minimum absolute atomic E-state index is 0.0832. The lowest BCUT2D eigenvalue weighted by Crippen LogP contribution is -2.34. The predicted octanol–water partition coefficient (Wildman–Crippen LogP) is -0.336. The normalized spacial score (nSPS) is 21.9. The summed E-state index contributed by atoms with van der Waals surface area (Å²) in [6.45, 7) is -0.585. The van der Waals surface area contributed by atoms with Crippen LogP contribution in [0, 0.1) is 10.1 Å². The Balaban J connectivity index is 1.77. The van der Waals surface area contributed by atoms with Crippen LogP contribution in [0.15, 0.2) is 40.1 Å². The number of aromatic amines is 1. The number of benzene rings is 1. The number of ether oxygens (including phenoxy) is 2. The second-order valence-electron chi connectivity index (χ2n) is 5.98. The Morgan fingerprint density at radius 3 is 2.63 bits per heavy atom. The summed E-state index contributed by atoms with van der Waals surface area (Å²) in [5.41, 5.74) is -1.33. The summed E-state index contributed by atoms with van der Waals surface area (Å²) < 4.78 is 12.0. The molecule has 2 aromatic rings. The van der Waals surface area contributed by atoms with Crippen LogP contribution in [0.4, 0.5) is 5.69 Å². The number of non-ortho nitro benzene ring substituents is 1. The highest BCUT2D eigenvalue weighted by Crippen LogP contribution is 2.27. The van der Waals surface area contributed by atoms with Crippen LogP contribution in [0.25, 0.3) is 0 Å². The molecule has 3 rings (SSSR count). The molecule has 0 aliphatic carbocycles. The lowest BCUT2D eigenvalue weighted by atomic mass is 10.2. The van der Waals surface area contributed by atoms with Crippen molar-refractivity contribution >= 4 is 5.69 Å². The summed E-state index contributed by atoms with van der Waals surface area (Å²) in [4.78, 5) is 36.3. The van der Waals surface area contributed by atoms with E-state index in [1.165, 1.54) is 30.5 Å². The van der Waals surface area contributed by atoms with Crippen molar-refractivity contribution in [2.24, 2.45) is 0 Å². The van der Waals surface area contributed by atoms with Gasteiger partial charge in [-0.3, -0.25) is 24.5 Å². The molecule has 0 bridgehead atoms.